The number of nitrogens with one attached hydrogen (secondary N) is 1. The van der Waals surface area contributed by atoms with Gasteiger partial charge in [0.2, 0.25) is 11.7 Å². The van der Waals surface area contributed by atoms with Gasteiger partial charge in [-0.2, -0.15) is 0 Å². The molecule has 0 unspecified atom stereocenters. The average Bonchev–Trinajstić information content (AvgIpc) is 3.20. The zero-order valence-corrected chi connectivity index (χ0v) is 37.7. The highest BCUT2D eigenvalue weighted by atomic mass is 16.7. The molecule has 15 nitrogen and oxygen atoms in total. The molecule has 3 fully saturated rings. The van der Waals surface area contributed by atoms with E-state index < -0.39 is 77.9 Å². The Balaban J connectivity index is 0.00000229. The number of ether oxygens (including phenoxy) is 5. The maximum absolute atomic E-state index is 14.3. The first-order valence-electron chi connectivity index (χ1n) is 21.8. The number of ketones is 1. The van der Waals surface area contributed by atoms with Gasteiger partial charge in [0.1, 0.15) is 18.2 Å². The van der Waals surface area contributed by atoms with Crippen LogP contribution in [0.2, 0.25) is 0 Å². The van der Waals surface area contributed by atoms with Gasteiger partial charge in [0.05, 0.1) is 30.5 Å². The van der Waals surface area contributed by atoms with E-state index in [0.717, 1.165) is 5.57 Å². The topological polar surface area (TPSA) is 228 Å². The van der Waals surface area contributed by atoms with Gasteiger partial charge < -0.3 is 55.0 Å². The van der Waals surface area contributed by atoms with Gasteiger partial charge in [-0.3, -0.25) is 14.4 Å². The monoisotopic (exact) mass is 850 g/mol. The fourth-order valence-corrected chi connectivity index (χ4v) is 9.44. The van der Waals surface area contributed by atoms with Gasteiger partial charge >= 0.3 is 5.97 Å². The Morgan fingerprint density at radius 1 is 0.950 bits per heavy atom. The zero-order chi connectivity index (χ0) is 45.1. The summed E-state index contributed by atoms with van der Waals surface area (Å²) in [5.74, 6) is -7.25. The summed E-state index contributed by atoms with van der Waals surface area (Å²) in [5, 5.41) is 43.3. The van der Waals surface area contributed by atoms with Gasteiger partial charge in [-0.05, 0) is 95.5 Å². The van der Waals surface area contributed by atoms with E-state index in [4.69, 9.17) is 29.1 Å². The smallest absolute Gasteiger partial charge is 0.329 e. The van der Waals surface area contributed by atoms with Crippen molar-refractivity contribution in [2.75, 3.05) is 27.9 Å². The fourth-order valence-electron chi connectivity index (χ4n) is 9.44. The second-order valence-corrected chi connectivity index (χ2v) is 17.8. The summed E-state index contributed by atoms with van der Waals surface area (Å²) in [6.07, 6.45) is 4.70. The third kappa shape index (κ3) is 13.2. The number of hydrogen-bond acceptors (Lipinski definition) is 13. The van der Waals surface area contributed by atoms with Crippen molar-refractivity contribution in [1.82, 2.24) is 4.90 Å². The van der Waals surface area contributed by atoms with Crippen LogP contribution in [0.5, 0.6) is 0 Å². The molecule has 15 heteroatoms. The first-order chi connectivity index (χ1) is 28.2. The number of hydrogen-bond donors (Lipinski definition) is 5. The van der Waals surface area contributed by atoms with Crippen LogP contribution < -0.4 is 5.73 Å². The number of fused-ring (bicyclic) bond motifs is 3. The van der Waals surface area contributed by atoms with Crippen LogP contribution in [0.3, 0.4) is 0 Å². The molecule has 2 amide bonds. The molecule has 4 rings (SSSR count). The van der Waals surface area contributed by atoms with Crippen molar-refractivity contribution >= 4 is 29.3 Å². The lowest BCUT2D eigenvalue weighted by Crippen LogP contribution is -2.64. The van der Waals surface area contributed by atoms with E-state index >= 15 is 0 Å². The second kappa shape index (κ2) is 23.4. The summed E-state index contributed by atoms with van der Waals surface area (Å²) in [6, 6.07) is -1.11. The van der Waals surface area contributed by atoms with Crippen molar-refractivity contribution in [3.8, 4) is 0 Å². The number of esters is 1. The van der Waals surface area contributed by atoms with E-state index in [9.17, 15) is 34.5 Å². The van der Waals surface area contributed by atoms with Crippen LogP contribution in [0.1, 0.15) is 119 Å². The predicted molar refractivity (Wildman–Crippen MR) is 226 cm³/mol. The van der Waals surface area contributed by atoms with Gasteiger partial charge in [0.15, 0.2) is 0 Å². The molecule has 60 heavy (non-hydrogen) atoms. The number of aliphatic hydroxyl groups excluding tert-OH is 2. The Labute approximate surface area is 357 Å². The van der Waals surface area contributed by atoms with Crippen molar-refractivity contribution in [3.63, 3.8) is 0 Å². The number of carbonyl (C=O) groups is 4. The van der Waals surface area contributed by atoms with Crippen molar-refractivity contribution in [1.29, 1.82) is 5.41 Å². The van der Waals surface area contributed by atoms with Crippen molar-refractivity contribution in [3.05, 3.63) is 23.3 Å². The minimum absolute atomic E-state index is 0.0256. The quantitative estimate of drug-likeness (QED) is 0.142. The first-order valence-corrected chi connectivity index (χ1v) is 21.8. The molecule has 6 N–H and O–H groups in total. The lowest BCUT2D eigenvalue weighted by atomic mass is 9.81. The second-order valence-electron chi connectivity index (χ2n) is 17.8. The fraction of sp³-hybridized carbons (Fsp3) is 0.800. The van der Waals surface area contributed by atoms with Gasteiger partial charge in [0.25, 0.3) is 11.7 Å². The molecule has 0 aromatic carbocycles. The Kier molecular flexibility index (Phi) is 20.0. The van der Waals surface area contributed by atoms with Crippen LogP contribution in [0.4, 0.5) is 0 Å². The van der Waals surface area contributed by atoms with Crippen LogP contribution in [-0.4, -0.2) is 132 Å². The van der Waals surface area contributed by atoms with Crippen molar-refractivity contribution in [2.24, 2.45) is 35.3 Å². The average molecular weight is 850 g/mol. The molecule has 3 heterocycles. The molecule has 4 aliphatic rings. The summed E-state index contributed by atoms with van der Waals surface area (Å²) in [5.41, 5.74) is 6.63. The van der Waals surface area contributed by atoms with E-state index in [1.807, 2.05) is 26.8 Å². The molecular formula is C45H75N3O12. The number of nitrogens with zero attached hydrogens (tertiary/aromatic N) is 1. The highest BCUT2D eigenvalue weighted by Gasteiger charge is 2.56. The summed E-state index contributed by atoms with van der Waals surface area (Å²) in [7, 11) is 4.67. The Hall–Kier alpha value is -3.05. The van der Waals surface area contributed by atoms with E-state index in [2.05, 4.69) is 18.7 Å². The third-order valence-corrected chi connectivity index (χ3v) is 12.9. The standard InChI is InChI=1S/C43H70N2O11.C2H5NO/c1-10-30-18-24(2)17-25(3)19-36(53-8)39-37(54-9)21-27(5)43(51,56-39)40(48)41(49)45-16-12-11-13-32(45)42(50)55-38(28(6)34(47)23-31(30)44)26(4)20-29-14-15-33(46)35(22-29)52-7;1-2(3)4/h18,20,25,27-30,32-39,44,46-47,51H,10-17,19,21-23H2,1-9H3;1H3,(H2,3,4)/b24-18+,26-20+,44-31?;/t25-,27+,28+,29-,30+,32-,33+,34-,35+,36-,37-,38+,39+,43+;/m0./s1. The highest BCUT2D eigenvalue weighted by Crippen LogP contribution is 2.39. The van der Waals surface area contributed by atoms with Crippen molar-refractivity contribution < 1.29 is 58.2 Å². The normalized spacial score (nSPS) is 39.2. The summed E-state index contributed by atoms with van der Waals surface area (Å²) in [4.78, 5) is 53.2. The minimum Gasteiger partial charge on any atom is -0.456 e. The van der Waals surface area contributed by atoms with Crippen LogP contribution in [0.25, 0.3) is 0 Å². The van der Waals surface area contributed by atoms with Gasteiger partial charge in [-0.25, -0.2) is 4.79 Å². The van der Waals surface area contributed by atoms with E-state index in [1.165, 1.54) is 11.8 Å². The van der Waals surface area contributed by atoms with E-state index in [-0.39, 0.29) is 55.6 Å². The Morgan fingerprint density at radius 3 is 2.17 bits per heavy atom. The zero-order valence-electron chi connectivity index (χ0n) is 37.7. The van der Waals surface area contributed by atoms with Gasteiger partial charge in [0, 0.05) is 64.7 Å². The molecule has 14 atom stereocenters. The number of cyclic esters (lactones) is 1. The van der Waals surface area contributed by atoms with Gasteiger partial charge in [-0.15, -0.1) is 0 Å². The largest absolute Gasteiger partial charge is 0.456 e. The number of Topliss-reactive ketones (excluding diaryl/α,β-unsaturated/α-hetero) is 1. The number of methoxy groups -OCH3 is 3. The molecule has 1 aliphatic carbocycles. The lowest BCUT2D eigenvalue weighted by Gasteiger charge is -2.47. The maximum atomic E-state index is 14.3. The van der Waals surface area contributed by atoms with E-state index in [1.54, 1.807) is 35.2 Å². The van der Waals surface area contributed by atoms with Crippen LogP contribution in [-0.2, 0) is 42.9 Å². The highest BCUT2D eigenvalue weighted by molar-refractivity contribution is 6.39. The first kappa shape index (κ1) is 51.3. The number of piperidine rings is 1. The number of amides is 2. The van der Waals surface area contributed by atoms with Crippen molar-refractivity contribution in [2.45, 2.75) is 174 Å². The molecule has 0 aromatic rings. The summed E-state index contributed by atoms with van der Waals surface area (Å²) >= 11 is 0. The number of rotatable bonds is 6. The molecule has 0 aromatic heterocycles. The number of carbonyl (C=O) groups excluding carboxylic acids is 4. The number of nitrogens with two attached hydrogens (primary N) is 1. The molecule has 2 saturated heterocycles. The summed E-state index contributed by atoms with van der Waals surface area (Å²) in [6.45, 7) is 12.8. The summed E-state index contributed by atoms with van der Waals surface area (Å²) < 4.78 is 29.8. The van der Waals surface area contributed by atoms with E-state index in [0.29, 0.717) is 62.7 Å². The molecule has 2 bridgehead atoms. The molecule has 0 radical (unpaired) electrons. The number of allylic oxidation sites excluding steroid dienone is 3. The lowest BCUT2D eigenvalue weighted by molar-refractivity contribution is -0.302. The number of aliphatic hydroxyl groups is 3. The van der Waals surface area contributed by atoms with Crippen LogP contribution in [0, 0.1) is 35.0 Å². The van der Waals surface area contributed by atoms with Crippen LogP contribution in [0.15, 0.2) is 23.3 Å². The molecule has 0 spiro atoms. The van der Waals surface area contributed by atoms with Crippen LogP contribution >= 0.6 is 0 Å². The SMILES string of the molecule is CC(N)=O.CC[C@@H]1/C=C(\C)C[C@H](C)C[C@H](OC)[C@H]2O[C@@](O)(C(=O)C(=O)N3CCCC[C@H]3C(=O)O[C@H](/C(C)=C/[C@@H]3CC[C@@H](O)[C@H](OC)C3)[C@H](C)[C@@H](O)CC1=N)[C@H](C)C[C@@H]2OC. The molecular weight excluding hydrogens is 775 g/mol. The molecule has 342 valence electrons. The molecule has 3 aliphatic heterocycles. The Bertz CT molecular complexity index is 1530. The minimum atomic E-state index is -2.49. The number of primary amides is 1. The maximum Gasteiger partial charge on any atom is 0.329 e. The Morgan fingerprint density at radius 2 is 1.57 bits per heavy atom. The predicted octanol–water partition coefficient (Wildman–Crippen LogP) is 4.42. The van der Waals surface area contributed by atoms with Gasteiger partial charge in [-0.1, -0.05) is 45.4 Å². The molecule has 1 saturated carbocycles. The third-order valence-electron chi connectivity index (χ3n) is 12.9.